The average molecular weight is 281 g/mol. The third kappa shape index (κ3) is 4.51. The van der Waals surface area contributed by atoms with E-state index in [4.69, 9.17) is 11.6 Å². The Morgan fingerprint density at radius 2 is 2.42 bits per heavy atom. The minimum atomic E-state index is 0.00255. The molecule has 1 unspecified atom stereocenters. The quantitative estimate of drug-likeness (QED) is 0.890. The zero-order valence-electron chi connectivity index (χ0n) is 11.3. The Hall–Kier alpha value is -1.06. The highest BCUT2D eigenvalue weighted by atomic mass is 35.5. The lowest BCUT2D eigenvalue weighted by Gasteiger charge is -2.23. The van der Waals surface area contributed by atoms with Gasteiger partial charge in [0.1, 0.15) is 0 Å². The van der Waals surface area contributed by atoms with E-state index >= 15 is 0 Å². The number of piperidine rings is 1. The lowest BCUT2D eigenvalue weighted by molar-refractivity contribution is -0.122. The van der Waals surface area contributed by atoms with Crippen LogP contribution in [0.25, 0.3) is 0 Å². The first-order valence-corrected chi connectivity index (χ1v) is 7.28. The van der Waals surface area contributed by atoms with Crippen LogP contribution in [-0.2, 0) is 4.79 Å². The lowest BCUT2D eigenvalue weighted by atomic mass is 9.95. The van der Waals surface area contributed by atoms with Crippen LogP contribution in [0.4, 0.5) is 0 Å². The number of amides is 1. The van der Waals surface area contributed by atoms with Gasteiger partial charge >= 0.3 is 0 Å². The molecule has 1 aliphatic rings. The van der Waals surface area contributed by atoms with Crippen molar-refractivity contribution in [3.63, 3.8) is 0 Å². The van der Waals surface area contributed by atoms with Gasteiger partial charge in [-0.1, -0.05) is 23.7 Å². The molecule has 19 heavy (non-hydrogen) atoms. The van der Waals surface area contributed by atoms with Crippen molar-refractivity contribution < 1.29 is 4.79 Å². The summed E-state index contributed by atoms with van der Waals surface area (Å²) in [6.45, 7) is 4.03. The topological polar surface area (TPSA) is 41.1 Å². The maximum atomic E-state index is 12.0. The number of hydrogen-bond donors (Lipinski definition) is 2. The molecule has 0 aromatic heterocycles. The summed E-state index contributed by atoms with van der Waals surface area (Å²) < 4.78 is 0. The van der Waals surface area contributed by atoms with Gasteiger partial charge in [0.25, 0.3) is 0 Å². The van der Waals surface area contributed by atoms with E-state index < -0.39 is 0 Å². The molecular weight excluding hydrogens is 260 g/mol. The number of nitrogens with one attached hydrogen (secondary N) is 2. The van der Waals surface area contributed by atoms with Crippen molar-refractivity contribution >= 4 is 17.5 Å². The van der Waals surface area contributed by atoms with Crippen LogP contribution in [0.3, 0.4) is 0 Å². The predicted octanol–water partition coefficient (Wildman–Crippen LogP) is 2.91. The minimum Gasteiger partial charge on any atom is -0.350 e. The highest BCUT2D eigenvalue weighted by Gasteiger charge is 2.18. The monoisotopic (exact) mass is 280 g/mol. The van der Waals surface area contributed by atoms with Crippen LogP contribution in [0.5, 0.6) is 0 Å². The summed E-state index contributed by atoms with van der Waals surface area (Å²) in [7, 11) is 0. The molecule has 1 fully saturated rings. The Labute approximate surface area is 119 Å². The molecule has 0 spiro atoms. The third-order valence-electron chi connectivity index (χ3n) is 3.60. The maximum Gasteiger partial charge on any atom is 0.220 e. The maximum absolute atomic E-state index is 12.0. The fourth-order valence-electron chi connectivity index (χ4n) is 2.52. The standard InChI is InChI=1S/C15H21ClN2O/c1-11(13-5-2-6-14(16)9-13)18-15(19)8-12-4-3-7-17-10-12/h2,5-6,9,11-12,17H,3-4,7-8,10H2,1H3,(H,18,19)/t11-,12?/m1/s1. The SMILES string of the molecule is C[C@@H](NC(=O)CC1CCCNC1)c1cccc(Cl)c1. The zero-order chi connectivity index (χ0) is 13.7. The first-order valence-electron chi connectivity index (χ1n) is 6.90. The molecule has 0 bridgehead atoms. The van der Waals surface area contributed by atoms with E-state index in [0.717, 1.165) is 25.1 Å². The number of hydrogen-bond acceptors (Lipinski definition) is 2. The molecule has 0 radical (unpaired) electrons. The smallest absolute Gasteiger partial charge is 0.220 e. The van der Waals surface area contributed by atoms with Crippen LogP contribution in [0.15, 0.2) is 24.3 Å². The Bertz CT molecular complexity index is 430. The molecule has 1 aromatic carbocycles. The molecule has 0 aliphatic carbocycles. The molecule has 1 aliphatic heterocycles. The van der Waals surface area contributed by atoms with Gasteiger partial charge in [-0.3, -0.25) is 4.79 Å². The van der Waals surface area contributed by atoms with E-state index in [1.54, 1.807) is 0 Å². The summed E-state index contributed by atoms with van der Waals surface area (Å²) >= 11 is 5.96. The normalized spacial score (nSPS) is 20.8. The van der Waals surface area contributed by atoms with Gasteiger partial charge in [0.05, 0.1) is 6.04 Å². The zero-order valence-corrected chi connectivity index (χ0v) is 12.0. The molecule has 1 saturated heterocycles. The molecular formula is C15H21ClN2O. The minimum absolute atomic E-state index is 0.00255. The van der Waals surface area contributed by atoms with Crippen LogP contribution in [0, 0.1) is 5.92 Å². The van der Waals surface area contributed by atoms with E-state index in [1.165, 1.54) is 6.42 Å². The molecule has 1 aromatic rings. The second kappa shape index (κ2) is 6.92. The fraction of sp³-hybridized carbons (Fsp3) is 0.533. The van der Waals surface area contributed by atoms with E-state index in [9.17, 15) is 4.79 Å². The van der Waals surface area contributed by atoms with Gasteiger partial charge in [-0.2, -0.15) is 0 Å². The molecule has 1 heterocycles. The Kier molecular flexibility index (Phi) is 5.23. The van der Waals surface area contributed by atoms with Crippen LogP contribution in [-0.4, -0.2) is 19.0 Å². The van der Waals surface area contributed by atoms with Crippen LogP contribution in [0.1, 0.15) is 37.8 Å². The molecule has 4 heteroatoms. The van der Waals surface area contributed by atoms with Gasteiger partial charge in [-0.05, 0) is 56.5 Å². The molecule has 104 valence electrons. The fourth-order valence-corrected chi connectivity index (χ4v) is 2.72. The first kappa shape index (κ1) is 14.4. The second-order valence-corrected chi connectivity index (χ2v) is 5.70. The highest BCUT2D eigenvalue weighted by Crippen LogP contribution is 2.19. The van der Waals surface area contributed by atoms with Gasteiger partial charge in [-0.15, -0.1) is 0 Å². The van der Waals surface area contributed by atoms with Crippen LogP contribution in [0.2, 0.25) is 5.02 Å². The van der Waals surface area contributed by atoms with E-state index in [1.807, 2.05) is 31.2 Å². The first-order chi connectivity index (χ1) is 9.15. The average Bonchev–Trinajstić information content (AvgIpc) is 2.39. The van der Waals surface area contributed by atoms with Crippen molar-refractivity contribution in [3.8, 4) is 0 Å². The summed E-state index contributed by atoms with van der Waals surface area (Å²) in [5.74, 6) is 0.599. The van der Waals surface area contributed by atoms with Crippen molar-refractivity contribution in [1.82, 2.24) is 10.6 Å². The molecule has 0 saturated carbocycles. The van der Waals surface area contributed by atoms with Crippen LogP contribution < -0.4 is 10.6 Å². The number of carbonyl (C=O) groups excluding carboxylic acids is 1. The molecule has 2 N–H and O–H groups in total. The van der Waals surface area contributed by atoms with Crippen molar-refractivity contribution in [2.24, 2.45) is 5.92 Å². The number of rotatable bonds is 4. The van der Waals surface area contributed by atoms with E-state index in [2.05, 4.69) is 10.6 Å². The van der Waals surface area contributed by atoms with Crippen molar-refractivity contribution in [2.75, 3.05) is 13.1 Å². The molecule has 2 atom stereocenters. The number of benzene rings is 1. The van der Waals surface area contributed by atoms with E-state index in [0.29, 0.717) is 17.4 Å². The number of halogens is 1. The summed E-state index contributed by atoms with van der Waals surface area (Å²) in [6, 6.07) is 7.63. The Morgan fingerprint density at radius 1 is 1.58 bits per heavy atom. The van der Waals surface area contributed by atoms with Gasteiger partial charge in [0.2, 0.25) is 5.91 Å². The summed E-state index contributed by atoms with van der Waals surface area (Å²) in [5, 5.41) is 7.08. The summed E-state index contributed by atoms with van der Waals surface area (Å²) in [6.07, 6.45) is 2.92. The van der Waals surface area contributed by atoms with Crippen molar-refractivity contribution in [2.45, 2.75) is 32.2 Å². The van der Waals surface area contributed by atoms with Gasteiger partial charge in [0.15, 0.2) is 0 Å². The highest BCUT2D eigenvalue weighted by molar-refractivity contribution is 6.30. The lowest BCUT2D eigenvalue weighted by Crippen LogP contribution is -2.35. The van der Waals surface area contributed by atoms with Crippen molar-refractivity contribution in [1.29, 1.82) is 0 Å². The molecule has 1 amide bonds. The molecule has 2 rings (SSSR count). The summed E-state index contributed by atoms with van der Waals surface area (Å²) in [4.78, 5) is 12.0. The third-order valence-corrected chi connectivity index (χ3v) is 3.83. The molecule has 3 nitrogen and oxygen atoms in total. The summed E-state index contributed by atoms with van der Waals surface area (Å²) in [5.41, 5.74) is 1.04. The van der Waals surface area contributed by atoms with Crippen LogP contribution >= 0.6 is 11.6 Å². The van der Waals surface area contributed by atoms with E-state index in [-0.39, 0.29) is 11.9 Å². The number of carbonyl (C=O) groups is 1. The second-order valence-electron chi connectivity index (χ2n) is 5.26. The Morgan fingerprint density at radius 3 is 3.11 bits per heavy atom. The van der Waals surface area contributed by atoms with Crippen molar-refractivity contribution in [3.05, 3.63) is 34.9 Å². The van der Waals surface area contributed by atoms with Gasteiger partial charge in [-0.25, -0.2) is 0 Å². The largest absolute Gasteiger partial charge is 0.350 e. The van der Waals surface area contributed by atoms with Gasteiger partial charge < -0.3 is 10.6 Å². The Balaban J connectivity index is 1.84. The predicted molar refractivity (Wildman–Crippen MR) is 78.2 cm³/mol. The van der Waals surface area contributed by atoms with Gasteiger partial charge in [0, 0.05) is 11.4 Å².